The predicted molar refractivity (Wildman–Crippen MR) is 92.6 cm³/mol. The number of ether oxygens (including phenoxy) is 3. The maximum atomic E-state index is 11.7. The van der Waals surface area contributed by atoms with Crippen LogP contribution in [0.5, 0.6) is 0 Å². The number of carbonyl (C=O) groups excluding carboxylic acids is 1. The van der Waals surface area contributed by atoms with Gasteiger partial charge in [0.15, 0.2) is 0 Å². The minimum Gasteiger partial charge on any atom is -0.462 e. The van der Waals surface area contributed by atoms with E-state index < -0.39 is 0 Å². The molecule has 2 bridgehead atoms. The molecule has 3 rings (SSSR count). The van der Waals surface area contributed by atoms with Gasteiger partial charge in [-0.15, -0.1) is 0 Å². The van der Waals surface area contributed by atoms with E-state index >= 15 is 0 Å². The zero-order valence-corrected chi connectivity index (χ0v) is 14.3. The Morgan fingerprint density at radius 1 is 1.00 bits per heavy atom. The van der Waals surface area contributed by atoms with E-state index in [1.165, 1.54) is 11.6 Å². The van der Waals surface area contributed by atoms with Crippen molar-refractivity contribution in [1.29, 1.82) is 0 Å². The summed E-state index contributed by atoms with van der Waals surface area (Å²) < 4.78 is 17.0. The first-order valence-corrected chi connectivity index (χ1v) is 9.18. The summed E-state index contributed by atoms with van der Waals surface area (Å²) in [6.07, 6.45) is 16.4. The summed E-state index contributed by atoms with van der Waals surface area (Å²) in [5, 5.41) is 0. The van der Waals surface area contributed by atoms with E-state index in [1.54, 1.807) is 0 Å². The van der Waals surface area contributed by atoms with Crippen LogP contribution < -0.4 is 0 Å². The Labute approximate surface area is 144 Å². The maximum absolute atomic E-state index is 11.7. The number of hydrogen-bond acceptors (Lipinski definition) is 4. The summed E-state index contributed by atoms with van der Waals surface area (Å²) in [4.78, 5) is 11.7. The highest BCUT2D eigenvalue weighted by Gasteiger charge is 2.37. The predicted octanol–water partition coefficient (Wildman–Crippen LogP) is 3.87. The van der Waals surface area contributed by atoms with Crippen LogP contribution in [0.3, 0.4) is 0 Å². The first-order valence-electron chi connectivity index (χ1n) is 9.18. The van der Waals surface area contributed by atoms with Crippen LogP contribution in [0.25, 0.3) is 0 Å². The second-order valence-corrected chi connectivity index (χ2v) is 6.95. The molecule has 24 heavy (non-hydrogen) atoms. The lowest BCUT2D eigenvalue weighted by atomic mass is 10.00. The summed E-state index contributed by atoms with van der Waals surface area (Å²) >= 11 is 0. The monoisotopic (exact) mass is 332 g/mol. The highest BCUT2D eigenvalue weighted by molar-refractivity contribution is 5.81. The van der Waals surface area contributed by atoms with Gasteiger partial charge in [-0.3, -0.25) is 0 Å². The molecule has 3 aliphatic heterocycles. The summed E-state index contributed by atoms with van der Waals surface area (Å²) in [5.41, 5.74) is 1.30. The number of cyclic esters (lactones) is 1. The van der Waals surface area contributed by atoms with E-state index in [9.17, 15) is 4.79 Å². The van der Waals surface area contributed by atoms with Crippen LogP contribution in [0.1, 0.15) is 51.4 Å². The fourth-order valence-electron chi connectivity index (χ4n) is 3.40. The van der Waals surface area contributed by atoms with Crippen molar-refractivity contribution in [2.75, 3.05) is 6.61 Å². The molecular formula is C20H28O4. The molecule has 0 amide bonds. The maximum Gasteiger partial charge on any atom is 0.330 e. The Bertz CT molecular complexity index is 508. The molecule has 4 unspecified atom stereocenters. The SMILES string of the molecule is C=C1CCCC2C=CCC(C/C=C\C(=O)OCCC3OC3CC1)O2. The van der Waals surface area contributed by atoms with Crippen LogP contribution in [-0.2, 0) is 19.0 Å². The third kappa shape index (κ3) is 5.60. The van der Waals surface area contributed by atoms with Crippen molar-refractivity contribution in [2.45, 2.75) is 75.8 Å². The van der Waals surface area contributed by atoms with Gasteiger partial charge in [-0.05, 0) is 44.9 Å². The van der Waals surface area contributed by atoms with E-state index in [1.807, 2.05) is 6.08 Å². The lowest BCUT2D eigenvalue weighted by molar-refractivity contribution is -0.137. The average molecular weight is 332 g/mol. The lowest BCUT2D eigenvalue weighted by Crippen LogP contribution is -2.23. The van der Waals surface area contributed by atoms with Crippen LogP contribution in [0, 0.1) is 0 Å². The number of carbonyl (C=O) groups is 1. The summed E-state index contributed by atoms with van der Waals surface area (Å²) in [6.45, 7) is 4.62. The highest BCUT2D eigenvalue weighted by Crippen LogP contribution is 2.31. The molecule has 0 N–H and O–H groups in total. The zero-order chi connectivity index (χ0) is 16.8. The first-order chi connectivity index (χ1) is 11.7. The number of hydrogen-bond donors (Lipinski definition) is 0. The van der Waals surface area contributed by atoms with Crippen molar-refractivity contribution >= 4 is 5.97 Å². The van der Waals surface area contributed by atoms with Gasteiger partial charge in [-0.25, -0.2) is 4.79 Å². The molecule has 0 aromatic heterocycles. The number of epoxide rings is 1. The molecule has 0 aromatic rings. The van der Waals surface area contributed by atoms with Gasteiger partial charge in [-0.1, -0.05) is 30.4 Å². The Hall–Kier alpha value is -1.39. The van der Waals surface area contributed by atoms with Gasteiger partial charge >= 0.3 is 5.97 Å². The molecule has 4 atom stereocenters. The van der Waals surface area contributed by atoms with Crippen LogP contribution >= 0.6 is 0 Å². The number of rotatable bonds is 0. The van der Waals surface area contributed by atoms with E-state index in [0.717, 1.165) is 51.4 Å². The molecule has 0 aromatic carbocycles. The first kappa shape index (κ1) is 17.4. The van der Waals surface area contributed by atoms with Gasteiger partial charge < -0.3 is 14.2 Å². The molecule has 1 saturated heterocycles. The van der Waals surface area contributed by atoms with Crippen molar-refractivity contribution in [2.24, 2.45) is 0 Å². The standard InChI is InChI=1S/C20H28O4/c1-15-5-2-6-16-7-3-8-17(23-16)9-4-10-20(21)22-14-13-19-18(24-19)12-11-15/h3-4,7,10,16-19H,1-2,5-6,8-9,11-14H2/b10-4-. The largest absolute Gasteiger partial charge is 0.462 e. The van der Waals surface area contributed by atoms with Crippen molar-refractivity contribution in [3.05, 3.63) is 36.5 Å². The molecule has 3 aliphatic rings. The van der Waals surface area contributed by atoms with Crippen molar-refractivity contribution in [3.8, 4) is 0 Å². The van der Waals surface area contributed by atoms with Gasteiger partial charge in [0.1, 0.15) is 0 Å². The number of fused-ring (bicyclic) bond motifs is 3. The van der Waals surface area contributed by atoms with Crippen LogP contribution in [-0.4, -0.2) is 37.0 Å². The second kappa shape index (κ2) is 8.63. The molecule has 0 saturated carbocycles. The lowest BCUT2D eigenvalue weighted by Gasteiger charge is -2.25. The third-order valence-electron chi connectivity index (χ3n) is 4.91. The topological polar surface area (TPSA) is 48.1 Å². The molecule has 4 heteroatoms. The molecule has 1 fully saturated rings. The molecule has 0 radical (unpaired) electrons. The van der Waals surface area contributed by atoms with Crippen molar-refractivity contribution < 1.29 is 19.0 Å². The fourth-order valence-corrected chi connectivity index (χ4v) is 3.40. The molecule has 132 valence electrons. The smallest absolute Gasteiger partial charge is 0.330 e. The Kier molecular flexibility index (Phi) is 6.27. The number of esters is 1. The van der Waals surface area contributed by atoms with E-state index in [4.69, 9.17) is 14.2 Å². The van der Waals surface area contributed by atoms with Gasteiger partial charge in [0.25, 0.3) is 0 Å². The Morgan fingerprint density at radius 3 is 2.75 bits per heavy atom. The van der Waals surface area contributed by atoms with E-state index in [2.05, 4.69) is 18.7 Å². The van der Waals surface area contributed by atoms with Crippen LogP contribution in [0.15, 0.2) is 36.5 Å². The van der Waals surface area contributed by atoms with Gasteiger partial charge in [0.2, 0.25) is 0 Å². The second-order valence-electron chi connectivity index (χ2n) is 6.95. The van der Waals surface area contributed by atoms with Crippen LogP contribution in [0.4, 0.5) is 0 Å². The summed E-state index contributed by atoms with van der Waals surface area (Å²) in [5.74, 6) is -0.274. The van der Waals surface area contributed by atoms with Gasteiger partial charge in [-0.2, -0.15) is 0 Å². The Morgan fingerprint density at radius 2 is 1.83 bits per heavy atom. The average Bonchev–Trinajstić information content (AvgIpc) is 3.31. The van der Waals surface area contributed by atoms with E-state index in [-0.39, 0.29) is 24.3 Å². The van der Waals surface area contributed by atoms with Gasteiger partial charge in [0.05, 0.1) is 31.0 Å². The minimum atomic E-state index is -0.274. The van der Waals surface area contributed by atoms with Crippen molar-refractivity contribution in [3.63, 3.8) is 0 Å². The van der Waals surface area contributed by atoms with Gasteiger partial charge in [0, 0.05) is 12.5 Å². The summed E-state index contributed by atoms with van der Waals surface area (Å²) in [6, 6.07) is 0. The molecule has 3 heterocycles. The molecule has 0 spiro atoms. The quantitative estimate of drug-likeness (QED) is 0.384. The van der Waals surface area contributed by atoms with Crippen molar-refractivity contribution in [1.82, 2.24) is 0 Å². The third-order valence-corrected chi connectivity index (χ3v) is 4.91. The minimum absolute atomic E-state index is 0.159. The highest BCUT2D eigenvalue weighted by atomic mass is 16.6. The summed E-state index contributed by atoms with van der Waals surface area (Å²) in [7, 11) is 0. The van der Waals surface area contributed by atoms with Crippen LogP contribution in [0.2, 0.25) is 0 Å². The molecule has 4 nitrogen and oxygen atoms in total. The Balaban J connectivity index is 1.53. The normalized spacial score (nSPS) is 36.8. The van der Waals surface area contributed by atoms with E-state index in [0.29, 0.717) is 12.7 Å². The molecular weight excluding hydrogens is 304 g/mol. The number of allylic oxidation sites excluding steroid dienone is 1. The zero-order valence-electron chi connectivity index (χ0n) is 14.3. The molecule has 0 aliphatic carbocycles. The fraction of sp³-hybridized carbons (Fsp3) is 0.650.